The van der Waals surface area contributed by atoms with Crippen LogP contribution in [0.3, 0.4) is 0 Å². The van der Waals surface area contributed by atoms with Gasteiger partial charge in [-0.2, -0.15) is 11.8 Å². The number of aliphatic hydroxyl groups excluding tert-OH is 2. The van der Waals surface area contributed by atoms with Gasteiger partial charge in [0, 0.05) is 6.54 Å². The summed E-state index contributed by atoms with van der Waals surface area (Å²) in [6, 6.07) is 0. The van der Waals surface area contributed by atoms with Crippen LogP contribution in [-0.2, 0) is 0 Å². The third-order valence-electron chi connectivity index (χ3n) is 2.34. The minimum atomic E-state index is -0.588. The monoisotopic (exact) mass is 235 g/mol. The SMILES string of the molecule is CCSCCCCN(CC)CC(O)CO. The van der Waals surface area contributed by atoms with Crippen molar-refractivity contribution in [3.8, 4) is 0 Å². The van der Waals surface area contributed by atoms with Gasteiger partial charge in [0.2, 0.25) is 0 Å². The second-order valence-corrected chi connectivity index (χ2v) is 5.03. The van der Waals surface area contributed by atoms with Crippen LogP contribution in [0.2, 0.25) is 0 Å². The Hall–Kier alpha value is 0.230. The Morgan fingerprint density at radius 3 is 2.53 bits per heavy atom. The fourth-order valence-corrected chi connectivity index (χ4v) is 2.12. The standard InChI is InChI=1S/C11H25NO2S/c1-3-12(9-11(14)10-13)7-5-6-8-15-4-2/h11,13-14H,3-10H2,1-2H3. The molecule has 1 unspecified atom stereocenters. The summed E-state index contributed by atoms with van der Waals surface area (Å²) in [6.07, 6.45) is 1.83. The number of nitrogens with zero attached hydrogens (tertiary/aromatic N) is 1. The highest BCUT2D eigenvalue weighted by Crippen LogP contribution is 2.04. The first-order valence-electron chi connectivity index (χ1n) is 5.83. The lowest BCUT2D eigenvalue weighted by Crippen LogP contribution is -2.34. The van der Waals surface area contributed by atoms with Crippen molar-refractivity contribution in [2.75, 3.05) is 37.7 Å². The average Bonchev–Trinajstić information content (AvgIpc) is 2.26. The first-order valence-corrected chi connectivity index (χ1v) is 6.99. The largest absolute Gasteiger partial charge is 0.394 e. The summed E-state index contributed by atoms with van der Waals surface area (Å²) in [6.45, 7) is 6.69. The fraction of sp³-hybridized carbons (Fsp3) is 1.00. The van der Waals surface area contributed by atoms with Gasteiger partial charge in [-0.1, -0.05) is 13.8 Å². The molecule has 0 aromatic heterocycles. The zero-order valence-corrected chi connectivity index (χ0v) is 10.8. The van der Waals surface area contributed by atoms with E-state index in [4.69, 9.17) is 5.11 Å². The van der Waals surface area contributed by atoms with Crippen LogP contribution in [0.1, 0.15) is 26.7 Å². The molecule has 4 heteroatoms. The summed E-state index contributed by atoms with van der Waals surface area (Å²) in [5.41, 5.74) is 0. The van der Waals surface area contributed by atoms with E-state index in [1.54, 1.807) is 0 Å². The van der Waals surface area contributed by atoms with Crippen LogP contribution in [-0.4, -0.2) is 59.0 Å². The first-order chi connectivity index (χ1) is 7.24. The van der Waals surface area contributed by atoms with Gasteiger partial charge in [-0.3, -0.25) is 0 Å². The lowest BCUT2D eigenvalue weighted by atomic mass is 10.3. The summed E-state index contributed by atoms with van der Waals surface area (Å²) in [4.78, 5) is 2.19. The van der Waals surface area contributed by atoms with Crippen LogP contribution in [0.5, 0.6) is 0 Å². The van der Waals surface area contributed by atoms with Crippen molar-refractivity contribution in [1.82, 2.24) is 4.90 Å². The molecule has 0 fully saturated rings. The molecule has 0 bridgehead atoms. The highest BCUT2D eigenvalue weighted by molar-refractivity contribution is 7.99. The summed E-state index contributed by atoms with van der Waals surface area (Å²) in [5.74, 6) is 2.43. The number of hydrogen-bond acceptors (Lipinski definition) is 4. The number of hydrogen-bond donors (Lipinski definition) is 2. The maximum Gasteiger partial charge on any atom is 0.0897 e. The quantitative estimate of drug-likeness (QED) is 0.558. The van der Waals surface area contributed by atoms with Crippen LogP contribution in [0, 0.1) is 0 Å². The summed E-state index contributed by atoms with van der Waals surface area (Å²) in [7, 11) is 0. The van der Waals surface area contributed by atoms with Gasteiger partial charge in [0.1, 0.15) is 0 Å². The van der Waals surface area contributed by atoms with Crippen molar-refractivity contribution in [1.29, 1.82) is 0 Å². The smallest absolute Gasteiger partial charge is 0.0897 e. The van der Waals surface area contributed by atoms with E-state index in [2.05, 4.69) is 18.7 Å². The summed E-state index contributed by atoms with van der Waals surface area (Å²) in [5, 5.41) is 18.0. The number of unbranched alkanes of at least 4 members (excludes halogenated alkanes) is 1. The maximum absolute atomic E-state index is 9.30. The molecule has 92 valence electrons. The molecule has 0 aromatic rings. The number of aliphatic hydroxyl groups is 2. The van der Waals surface area contributed by atoms with Crippen LogP contribution >= 0.6 is 11.8 Å². The highest BCUT2D eigenvalue weighted by atomic mass is 32.2. The van der Waals surface area contributed by atoms with Gasteiger partial charge < -0.3 is 15.1 Å². The molecule has 0 amide bonds. The van der Waals surface area contributed by atoms with Gasteiger partial charge in [0.15, 0.2) is 0 Å². The Kier molecular flexibility index (Phi) is 10.9. The second kappa shape index (κ2) is 10.7. The van der Waals surface area contributed by atoms with Gasteiger partial charge in [-0.25, -0.2) is 0 Å². The molecule has 0 saturated carbocycles. The van der Waals surface area contributed by atoms with Crippen molar-refractivity contribution >= 4 is 11.8 Å². The average molecular weight is 235 g/mol. The lowest BCUT2D eigenvalue weighted by Gasteiger charge is -2.22. The van der Waals surface area contributed by atoms with E-state index in [1.807, 2.05) is 11.8 Å². The van der Waals surface area contributed by atoms with E-state index in [0.717, 1.165) is 13.1 Å². The first kappa shape index (κ1) is 15.2. The van der Waals surface area contributed by atoms with Crippen molar-refractivity contribution in [2.24, 2.45) is 0 Å². The molecule has 0 aliphatic carbocycles. The van der Waals surface area contributed by atoms with Gasteiger partial charge in [-0.15, -0.1) is 0 Å². The Morgan fingerprint density at radius 1 is 1.27 bits per heavy atom. The number of likely N-dealkylation sites (N-methyl/N-ethyl adjacent to an activating group) is 1. The zero-order valence-electron chi connectivity index (χ0n) is 9.98. The van der Waals surface area contributed by atoms with E-state index in [0.29, 0.717) is 6.54 Å². The molecular weight excluding hydrogens is 210 g/mol. The van der Waals surface area contributed by atoms with Crippen LogP contribution in [0.4, 0.5) is 0 Å². The van der Waals surface area contributed by atoms with Gasteiger partial charge in [0.25, 0.3) is 0 Å². The molecule has 0 aromatic carbocycles. The van der Waals surface area contributed by atoms with Gasteiger partial charge in [0.05, 0.1) is 12.7 Å². The number of rotatable bonds is 10. The van der Waals surface area contributed by atoms with E-state index in [1.165, 1.54) is 24.3 Å². The highest BCUT2D eigenvalue weighted by Gasteiger charge is 2.08. The van der Waals surface area contributed by atoms with E-state index < -0.39 is 6.10 Å². The zero-order chi connectivity index (χ0) is 11.5. The lowest BCUT2D eigenvalue weighted by molar-refractivity contribution is 0.0603. The third kappa shape index (κ3) is 9.18. The fourth-order valence-electron chi connectivity index (χ4n) is 1.42. The van der Waals surface area contributed by atoms with E-state index in [9.17, 15) is 5.11 Å². The molecule has 0 aliphatic heterocycles. The molecule has 15 heavy (non-hydrogen) atoms. The second-order valence-electron chi connectivity index (χ2n) is 3.63. The van der Waals surface area contributed by atoms with E-state index >= 15 is 0 Å². The molecule has 0 saturated heterocycles. The molecule has 0 aliphatic rings. The van der Waals surface area contributed by atoms with Gasteiger partial charge in [-0.05, 0) is 37.4 Å². The predicted octanol–water partition coefficient (Wildman–Crippen LogP) is 1.19. The summed E-state index contributed by atoms with van der Waals surface area (Å²) < 4.78 is 0. The molecule has 0 heterocycles. The minimum absolute atomic E-state index is 0.137. The molecule has 1 atom stereocenters. The third-order valence-corrected chi connectivity index (χ3v) is 3.33. The van der Waals surface area contributed by atoms with Crippen molar-refractivity contribution < 1.29 is 10.2 Å². The molecule has 3 nitrogen and oxygen atoms in total. The Bertz CT molecular complexity index is 136. The van der Waals surface area contributed by atoms with Crippen LogP contribution in [0.15, 0.2) is 0 Å². The molecule has 2 N–H and O–H groups in total. The Morgan fingerprint density at radius 2 is 2.00 bits per heavy atom. The topological polar surface area (TPSA) is 43.7 Å². The van der Waals surface area contributed by atoms with E-state index in [-0.39, 0.29) is 6.61 Å². The Balaban J connectivity index is 3.44. The molecule has 0 spiro atoms. The maximum atomic E-state index is 9.30. The summed E-state index contributed by atoms with van der Waals surface area (Å²) >= 11 is 1.98. The molecule has 0 radical (unpaired) electrons. The van der Waals surface area contributed by atoms with Crippen LogP contribution in [0.25, 0.3) is 0 Å². The minimum Gasteiger partial charge on any atom is -0.394 e. The van der Waals surface area contributed by atoms with Crippen LogP contribution < -0.4 is 0 Å². The van der Waals surface area contributed by atoms with Crippen molar-refractivity contribution in [2.45, 2.75) is 32.8 Å². The predicted molar refractivity (Wildman–Crippen MR) is 67.4 cm³/mol. The Labute approximate surface area is 97.9 Å². The number of thioether (sulfide) groups is 1. The normalized spacial score (nSPS) is 13.4. The molecule has 0 rings (SSSR count). The van der Waals surface area contributed by atoms with Gasteiger partial charge >= 0.3 is 0 Å². The van der Waals surface area contributed by atoms with Crippen molar-refractivity contribution in [3.05, 3.63) is 0 Å². The molecular formula is C11H25NO2S. The van der Waals surface area contributed by atoms with Crippen molar-refractivity contribution in [3.63, 3.8) is 0 Å².